The number of rotatable bonds is 7. The van der Waals surface area contributed by atoms with Crippen molar-refractivity contribution in [1.29, 1.82) is 0 Å². The Bertz CT molecular complexity index is 446. The molecule has 0 saturated heterocycles. The van der Waals surface area contributed by atoms with Crippen molar-refractivity contribution in [2.45, 2.75) is 0 Å². The predicted molar refractivity (Wildman–Crippen MR) is 75.6 cm³/mol. The second-order valence-corrected chi connectivity index (χ2v) is 4.95. The molecule has 0 aliphatic rings. The van der Waals surface area contributed by atoms with E-state index in [1.54, 1.807) is 25.6 Å². The Hall–Kier alpha value is -1.17. The summed E-state index contributed by atoms with van der Waals surface area (Å²) >= 11 is 1.71. The minimum Gasteiger partial charge on any atom is -0.383 e. The van der Waals surface area contributed by atoms with Crippen LogP contribution in [0.25, 0.3) is 10.2 Å². The van der Waals surface area contributed by atoms with Gasteiger partial charge in [0.1, 0.15) is 0 Å². The van der Waals surface area contributed by atoms with Crippen LogP contribution in [0.15, 0.2) is 24.3 Å². The number of nitrogens with zero attached hydrogens (tertiary/aromatic N) is 2. The van der Waals surface area contributed by atoms with Crippen molar-refractivity contribution in [1.82, 2.24) is 4.98 Å². The number of benzene rings is 1. The molecule has 5 heteroatoms. The van der Waals surface area contributed by atoms with E-state index in [2.05, 4.69) is 16.0 Å². The van der Waals surface area contributed by atoms with Crippen LogP contribution in [0.4, 0.5) is 5.13 Å². The van der Waals surface area contributed by atoms with Crippen LogP contribution in [0.1, 0.15) is 0 Å². The van der Waals surface area contributed by atoms with Crippen LogP contribution in [-0.4, -0.2) is 45.5 Å². The standard InChI is InChI=1S/C13H18N2O2S/c1-16-9-7-15(8-10-17-2)13-14-11-5-3-4-6-12(11)18-13/h3-6H,7-10H2,1-2H3. The van der Waals surface area contributed by atoms with Gasteiger partial charge in [-0.3, -0.25) is 0 Å². The van der Waals surface area contributed by atoms with Gasteiger partial charge in [-0.05, 0) is 12.1 Å². The van der Waals surface area contributed by atoms with Crippen molar-refractivity contribution in [2.75, 3.05) is 45.4 Å². The molecule has 0 N–H and O–H groups in total. The number of hydrogen-bond acceptors (Lipinski definition) is 5. The van der Waals surface area contributed by atoms with Gasteiger partial charge in [-0.25, -0.2) is 4.98 Å². The third-order valence-corrected chi connectivity index (χ3v) is 3.78. The maximum atomic E-state index is 5.14. The zero-order chi connectivity index (χ0) is 12.8. The molecule has 0 unspecified atom stereocenters. The summed E-state index contributed by atoms with van der Waals surface area (Å²) in [5, 5.41) is 1.03. The highest BCUT2D eigenvalue weighted by Crippen LogP contribution is 2.28. The SMILES string of the molecule is COCCN(CCOC)c1nc2ccccc2s1. The monoisotopic (exact) mass is 266 g/mol. The molecule has 0 aliphatic heterocycles. The summed E-state index contributed by atoms with van der Waals surface area (Å²) in [4.78, 5) is 6.86. The lowest BCUT2D eigenvalue weighted by Crippen LogP contribution is -2.30. The Morgan fingerprint density at radius 2 is 1.78 bits per heavy atom. The molecule has 0 radical (unpaired) electrons. The molecule has 0 amide bonds. The molecule has 98 valence electrons. The maximum Gasteiger partial charge on any atom is 0.186 e. The largest absolute Gasteiger partial charge is 0.383 e. The zero-order valence-electron chi connectivity index (χ0n) is 10.8. The summed E-state index contributed by atoms with van der Waals surface area (Å²) in [5.74, 6) is 0. The van der Waals surface area contributed by atoms with Crippen LogP contribution in [0.5, 0.6) is 0 Å². The van der Waals surface area contributed by atoms with Gasteiger partial charge in [0.05, 0.1) is 23.4 Å². The molecular formula is C13H18N2O2S. The Balaban J connectivity index is 2.17. The molecule has 18 heavy (non-hydrogen) atoms. The average Bonchev–Trinajstić information content (AvgIpc) is 2.82. The van der Waals surface area contributed by atoms with Gasteiger partial charge in [0.25, 0.3) is 0 Å². The minimum absolute atomic E-state index is 0.694. The molecule has 1 aromatic heterocycles. The quantitative estimate of drug-likeness (QED) is 0.770. The van der Waals surface area contributed by atoms with Gasteiger partial charge < -0.3 is 14.4 Å². The maximum absolute atomic E-state index is 5.14. The molecule has 0 atom stereocenters. The van der Waals surface area contributed by atoms with Gasteiger partial charge in [-0.1, -0.05) is 23.5 Å². The van der Waals surface area contributed by atoms with E-state index in [-0.39, 0.29) is 0 Å². The highest BCUT2D eigenvalue weighted by molar-refractivity contribution is 7.22. The summed E-state index contributed by atoms with van der Waals surface area (Å²) < 4.78 is 11.5. The normalized spacial score (nSPS) is 11.0. The topological polar surface area (TPSA) is 34.6 Å². The number of aromatic nitrogens is 1. The molecule has 2 aromatic rings. The van der Waals surface area contributed by atoms with Gasteiger partial charge in [-0.15, -0.1) is 0 Å². The Morgan fingerprint density at radius 3 is 2.39 bits per heavy atom. The predicted octanol–water partition coefficient (Wildman–Crippen LogP) is 2.40. The summed E-state index contributed by atoms with van der Waals surface area (Å²) in [6, 6.07) is 8.20. The molecule has 0 bridgehead atoms. The fourth-order valence-corrected chi connectivity index (χ4v) is 2.72. The van der Waals surface area contributed by atoms with Crippen LogP contribution in [0.3, 0.4) is 0 Å². The zero-order valence-corrected chi connectivity index (χ0v) is 11.6. The third kappa shape index (κ3) is 3.19. The lowest BCUT2D eigenvalue weighted by Gasteiger charge is -2.20. The van der Waals surface area contributed by atoms with E-state index in [9.17, 15) is 0 Å². The Morgan fingerprint density at radius 1 is 1.11 bits per heavy atom. The van der Waals surface area contributed by atoms with Gasteiger partial charge in [0, 0.05) is 27.3 Å². The van der Waals surface area contributed by atoms with Crippen molar-refractivity contribution in [3.8, 4) is 0 Å². The average molecular weight is 266 g/mol. The van der Waals surface area contributed by atoms with Gasteiger partial charge in [0.15, 0.2) is 5.13 Å². The van der Waals surface area contributed by atoms with Crippen LogP contribution in [0, 0.1) is 0 Å². The van der Waals surface area contributed by atoms with E-state index in [1.165, 1.54) is 4.70 Å². The van der Waals surface area contributed by atoms with Crippen molar-refractivity contribution < 1.29 is 9.47 Å². The van der Waals surface area contributed by atoms with Crippen molar-refractivity contribution in [3.05, 3.63) is 24.3 Å². The van der Waals surface area contributed by atoms with Gasteiger partial charge in [0.2, 0.25) is 0 Å². The van der Waals surface area contributed by atoms with E-state index in [0.717, 1.165) is 23.7 Å². The van der Waals surface area contributed by atoms with E-state index in [0.29, 0.717) is 13.2 Å². The van der Waals surface area contributed by atoms with E-state index in [1.807, 2.05) is 18.2 Å². The molecule has 0 spiro atoms. The summed E-state index contributed by atoms with van der Waals surface area (Å²) in [7, 11) is 3.43. The molecular weight excluding hydrogens is 248 g/mol. The number of thiazole rings is 1. The molecule has 1 aromatic carbocycles. The Kier molecular flexibility index (Phi) is 4.92. The number of anilines is 1. The highest BCUT2D eigenvalue weighted by Gasteiger charge is 2.11. The van der Waals surface area contributed by atoms with Gasteiger partial charge >= 0.3 is 0 Å². The molecule has 4 nitrogen and oxygen atoms in total. The molecule has 0 fully saturated rings. The number of para-hydroxylation sites is 1. The lowest BCUT2D eigenvalue weighted by molar-refractivity contribution is 0.190. The molecule has 0 aliphatic carbocycles. The van der Waals surface area contributed by atoms with Crippen LogP contribution in [0.2, 0.25) is 0 Å². The summed E-state index contributed by atoms with van der Waals surface area (Å²) in [5.41, 5.74) is 1.05. The third-order valence-electron chi connectivity index (χ3n) is 2.68. The van der Waals surface area contributed by atoms with E-state index in [4.69, 9.17) is 9.47 Å². The van der Waals surface area contributed by atoms with Crippen LogP contribution < -0.4 is 4.90 Å². The second kappa shape index (κ2) is 6.68. The van der Waals surface area contributed by atoms with Gasteiger partial charge in [-0.2, -0.15) is 0 Å². The second-order valence-electron chi connectivity index (χ2n) is 3.94. The molecule has 1 heterocycles. The first kappa shape index (κ1) is 13.3. The fraction of sp³-hybridized carbons (Fsp3) is 0.462. The first-order valence-electron chi connectivity index (χ1n) is 5.93. The number of hydrogen-bond donors (Lipinski definition) is 0. The summed E-state index contributed by atoms with van der Waals surface area (Å²) in [6.45, 7) is 3.05. The fourth-order valence-electron chi connectivity index (χ4n) is 1.70. The van der Waals surface area contributed by atoms with Crippen LogP contribution >= 0.6 is 11.3 Å². The van der Waals surface area contributed by atoms with E-state index < -0.39 is 0 Å². The molecule has 0 saturated carbocycles. The van der Waals surface area contributed by atoms with Crippen molar-refractivity contribution in [2.24, 2.45) is 0 Å². The van der Waals surface area contributed by atoms with E-state index >= 15 is 0 Å². The number of methoxy groups -OCH3 is 2. The van der Waals surface area contributed by atoms with Crippen molar-refractivity contribution in [3.63, 3.8) is 0 Å². The number of ether oxygens (including phenoxy) is 2. The highest BCUT2D eigenvalue weighted by atomic mass is 32.1. The van der Waals surface area contributed by atoms with Crippen LogP contribution in [-0.2, 0) is 9.47 Å². The first-order valence-corrected chi connectivity index (χ1v) is 6.75. The van der Waals surface area contributed by atoms with Crippen molar-refractivity contribution >= 4 is 26.7 Å². The Labute approximate surface area is 111 Å². The summed E-state index contributed by atoms with van der Waals surface area (Å²) in [6.07, 6.45) is 0. The number of fused-ring (bicyclic) bond motifs is 1. The smallest absolute Gasteiger partial charge is 0.186 e. The minimum atomic E-state index is 0.694. The lowest BCUT2D eigenvalue weighted by atomic mass is 10.3. The molecule has 2 rings (SSSR count). The first-order chi connectivity index (χ1) is 8.85.